The molecule has 0 aliphatic rings. The molecule has 0 spiro atoms. The largest absolute Gasteiger partial charge is 0.333 e. The van der Waals surface area contributed by atoms with E-state index in [1.54, 1.807) is 34.5 Å². The zero-order valence-corrected chi connectivity index (χ0v) is 30.4. The number of aromatic nitrogens is 3. The number of imidazole rings is 1. The van der Waals surface area contributed by atoms with Gasteiger partial charge < -0.3 is 0 Å². The van der Waals surface area contributed by atoms with Crippen LogP contribution < -0.4 is 5.69 Å². The summed E-state index contributed by atoms with van der Waals surface area (Å²) < 4.78 is 17.3. The van der Waals surface area contributed by atoms with Crippen LogP contribution in [-0.4, -0.2) is 14.1 Å². The summed E-state index contributed by atoms with van der Waals surface area (Å²) >= 11 is 0. The van der Waals surface area contributed by atoms with Gasteiger partial charge in [0.05, 0.1) is 28.4 Å². The van der Waals surface area contributed by atoms with Gasteiger partial charge in [-0.15, -0.1) is 0 Å². The molecule has 0 atom stereocenters. The minimum Gasteiger partial charge on any atom is -0.293 e. The van der Waals surface area contributed by atoms with Crippen LogP contribution in [0.4, 0.5) is 4.39 Å². The van der Waals surface area contributed by atoms with Crippen LogP contribution in [0.1, 0.15) is 0 Å². The van der Waals surface area contributed by atoms with Crippen LogP contribution in [0.2, 0.25) is 0 Å². The van der Waals surface area contributed by atoms with E-state index in [4.69, 9.17) is 4.98 Å². The number of halogens is 1. The SMILES string of the molecule is Cn1c(=O)n(-c2ccc(F)cc2)c2c3cc(-c4ccc5c(-c6ccc7ccccc7c6)c6ccccc6c(-c6ccc7ccccc7c6)c5c4)ccc3ncc21. The van der Waals surface area contributed by atoms with Crippen LogP contribution in [0.3, 0.4) is 0 Å². The van der Waals surface area contributed by atoms with Crippen LogP contribution in [0.5, 0.6) is 0 Å². The molecule has 2 aromatic heterocycles. The Hall–Kier alpha value is -7.37. The fraction of sp³-hybridized carbons (Fsp3) is 0.0196. The van der Waals surface area contributed by atoms with Gasteiger partial charge in [0.1, 0.15) is 5.82 Å². The van der Waals surface area contributed by atoms with Gasteiger partial charge >= 0.3 is 5.69 Å². The highest BCUT2D eigenvalue weighted by molar-refractivity contribution is 6.22. The van der Waals surface area contributed by atoms with Crippen LogP contribution >= 0.6 is 0 Å². The van der Waals surface area contributed by atoms with E-state index in [0.29, 0.717) is 11.2 Å². The van der Waals surface area contributed by atoms with Gasteiger partial charge in [0.2, 0.25) is 0 Å². The fourth-order valence-electron chi connectivity index (χ4n) is 8.68. The number of aryl methyl sites for hydroxylation is 1. The fourth-order valence-corrected chi connectivity index (χ4v) is 8.68. The lowest BCUT2D eigenvalue weighted by atomic mass is 9.84. The molecule has 0 fully saturated rings. The molecular formula is C51H32FN3O. The van der Waals surface area contributed by atoms with Gasteiger partial charge in [-0.1, -0.05) is 115 Å². The third kappa shape index (κ3) is 4.91. The molecule has 56 heavy (non-hydrogen) atoms. The molecule has 0 saturated heterocycles. The number of hydrogen-bond donors (Lipinski definition) is 0. The summed E-state index contributed by atoms with van der Waals surface area (Å²) in [5.41, 5.74) is 9.35. The molecule has 0 saturated carbocycles. The summed E-state index contributed by atoms with van der Waals surface area (Å²) in [6, 6.07) is 58.4. The van der Waals surface area contributed by atoms with Crippen LogP contribution in [-0.2, 0) is 7.05 Å². The summed E-state index contributed by atoms with van der Waals surface area (Å²) in [4.78, 5) is 18.5. The summed E-state index contributed by atoms with van der Waals surface area (Å²) in [6.45, 7) is 0. The molecule has 9 aromatic carbocycles. The highest BCUT2D eigenvalue weighted by Crippen LogP contribution is 2.46. The third-order valence-electron chi connectivity index (χ3n) is 11.4. The average Bonchev–Trinajstić information content (AvgIpc) is 3.51. The van der Waals surface area contributed by atoms with Gasteiger partial charge in [0, 0.05) is 12.4 Å². The van der Waals surface area contributed by atoms with Gasteiger partial charge in [0.25, 0.3) is 0 Å². The van der Waals surface area contributed by atoms with Crippen molar-refractivity contribution in [3.05, 3.63) is 192 Å². The number of nitrogens with zero attached hydrogens (tertiary/aromatic N) is 3. The molecular weight excluding hydrogens is 690 g/mol. The van der Waals surface area contributed by atoms with Gasteiger partial charge in [0.15, 0.2) is 0 Å². The Morgan fingerprint density at radius 2 is 1.00 bits per heavy atom. The van der Waals surface area contributed by atoms with E-state index in [2.05, 4.69) is 140 Å². The van der Waals surface area contributed by atoms with E-state index < -0.39 is 0 Å². The second-order valence-corrected chi connectivity index (χ2v) is 14.6. The van der Waals surface area contributed by atoms with Crippen LogP contribution in [0.25, 0.3) is 104 Å². The van der Waals surface area contributed by atoms with E-state index >= 15 is 0 Å². The first-order valence-electron chi connectivity index (χ1n) is 18.7. The maximum Gasteiger partial charge on any atom is 0.333 e. The van der Waals surface area contributed by atoms with E-state index in [1.807, 2.05) is 6.07 Å². The predicted octanol–water partition coefficient (Wildman–Crippen LogP) is 12.6. The second-order valence-electron chi connectivity index (χ2n) is 14.6. The lowest BCUT2D eigenvalue weighted by Crippen LogP contribution is -2.20. The van der Waals surface area contributed by atoms with Gasteiger partial charge in [-0.3, -0.25) is 14.1 Å². The quantitative estimate of drug-likeness (QED) is 0.170. The number of hydrogen-bond acceptors (Lipinski definition) is 2. The number of benzene rings is 9. The summed E-state index contributed by atoms with van der Waals surface area (Å²) in [5.74, 6) is -0.355. The second kappa shape index (κ2) is 12.3. The van der Waals surface area contributed by atoms with Gasteiger partial charge in [-0.25, -0.2) is 9.18 Å². The van der Waals surface area contributed by atoms with Crippen LogP contribution in [0, 0.1) is 5.82 Å². The number of pyridine rings is 1. The van der Waals surface area contributed by atoms with Gasteiger partial charge in [-0.2, -0.15) is 0 Å². The van der Waals surface area contributed by atoms with Crippen molar-refractivity contribution >= 4 is 65.0 Å². The normalized spacial score (nSPS) is 11.8. The van der Waals surface area contributed by atoms with Crippen molar-refractivity contribution in [3.8, 4) is 39.1 Å². The zero-order chi connectivity index (χ0) is 37.5. The molecule has 5 heteroatoms. The first-order chi connectivity index (χ1) is 27.5. The maximum absolute atomic E-state index is 14.0. The number of fused-ring (bicyclic) bond motifs is 7. The lowest BCUT2D eigenvalue weighted by Gasteiger charge is -2.19. The Bertz CT molecular complexity index is 3470. The smallest absolute Gasteiger partial charge is 0.293 e. The Kier molecular flexibility index (Phi) is 7.07. The lowest BCUT2D eigenvalue weighted by molar-refractivity contribution is 0.627. The highest BCUT2D eigenvalue weighted by Gasteiger charge is 2.20. The highest BCUT2D eigenvalue weighted by atomic mass is 19.1. The molecule has 0 N–H and O–H groups in total. The minimum absolute atomic E-state index is 0.217. The van der Waals surface area contributed by atoms with Crippen molar-refractivity contribution in [2.24, 2.45) is 7.05 Å². The van der Waals surface area contributed by atoms with E-state index in [1.165, 1.54) is 66.5 Å². The Morgan fingerprint density at radius 3 is 1.64 bits per heavy atom. The molecule has 11 aromatic rings. The molecule has 0 bridgehead atoms. The van der Waals surface area contributed by atoms with Crippen molar-refractivity contribution in [2.75, 3.05) is 0 Å². The van der Waals surface area contributed by atoms with Crippen molar-refractivity contribution in [3.63, 3.8) is 0 Å². The van der Waals surface area contributed by atoms with E-state index in [0.717, 1.165) is 38.5 Å². The first-order valence-corrected chi connectivity index (χ1v) is 18.7. The third-order valence-corrected chi connectivity index (χ3v) is 11.4. The van der Waals surface area contributed by atoms with Gasteiger partial charge in [-0.05, 0) is 131 Å². The molecule has 0 unspecified atom stereocenters. The molecule has 0 radical (unpaired) electrons. The molecule has 2 heterocycles. The maximum atomic E-state index is 14.0. The van der Waals surface area contributed by atoms with E-state index in [9.17, 15) is 9.18 Å². The van der Waals surface area contributed by atoms with Crippen molar-refractivity contribution < 1.29 is 4.39 Å². The van der Waals surface area contributed by atoms with Crippen molar-refractivity contribution in [1.29, 1.82) is 0 Å². The zero-order valence-electron chi connectivity index (χ0n) is 30.4. The van der Waals surface area contributed by atoms with Crippen molar-refractivity contribution in [1.82, 2.24) is 14.1 Å². The van der Waals surface area contributed by atoms with E-state index in [-0.39, 0.29) is 11.5 Å². The number of rotatable bonds is 4. The Balaban J connectivity index is 1.21. The monoisotopic (exact) mass is 721 g/mol. The van der Waals surface area contributed by atoms with Crippen LogP contribution in [0.15, 0.2) is 181 Å². The molecule has 0 aliphatic heterocycles. The standard InChI is InChI=1S/C51H32FN3O/c1-54-47-30-53-46-25-19-36(29-45(46)50(47)55(51(54)56)40-22-20-39(52)21-23-40)35-18-24-43-44(28-35)49(38-17-15-32-9-3-5-11-34(32)27-38)42-13-7-6-12-41(42)48(43)37-16-14-31-8-2-4-10-33(31)26-37/h2-30H,1H3. The Labute approximate surface area is 321 Å². The predicted molar refractivity (Wildman–Crippen MR) is 230 cm³/mol. The minimum atomic E-state index is -0.355. The summed E-state index contributed by atoms with van der Waals surface area (Å²) in [5, 5.41) is 10.4. The summed E-state index contributed by atoms with van der Waals surface area (Å²) in [7, 11) is 1.75. The topological polar surface area (TPSA) is 39.8 Å². The molecule has 264 valence electrons. The summed E-state index contributed by atoms with van der Waals surface area (Å²) in [6.07, 6.45) is 1.74. The molecule has 0 aliphatic carbocycles. The molecule has 4 nitrogen and oxygen atoms in total. The molecule has 11 rings (SSSR count). The average molecular weight is 722 g/mol. The Morgan fingerprint density at radius 1 is 0.482 bits per heavy atom. The first kappa shape index (κ1) is 32.1. The van der Waals surface area contributed by atoms with Crippen molar-refractivity contribution in [2.45, 2.75) is 0 Å². The molecule has 0 amide bonds.